The fourth-order valence-corrected chi connectivity index (χ4v) is 1.09. The van der Waals surface area contributed by atoms with Crippen molar-refractivity contribution in [3.63, 3.8) is 0 Å². The maximum atomic E-state index is 9.20. The van der Waals surface area contributed by atoms with Crippen LogP contribution in [0.3, 0.4) is 0 Å². The monoisotopic (exact) mass is 157 g/mol. The number of hydrogen-bond acceptors (Lipinski definition) is 2. The molecule has 1 unspecified atom stereocenters. The van der Waals surface area contributed by atoms with E-state index in [9.17, 15) is 5.11 Å². The summed E-state index contributed by atoms with van der Waals surface area (Å²) >= 11 is 0. The summed E-state index contributed by atoms with van der Waals surface area (Å²) in [5.41, 5.74) is 0. The fraction of sp³-hybridized carbons (Fsp3) is 0.778. The first-order chi connectivity index (χ1) is 4.95. The lowest BCUT2D eigenvalue weighted by atomic mass is 10.0. The van der Waals surface area contributed by atoms with Gasteiger partial charge in [0.1, 0.15) is 5.76 Å². The molecule has 0 saturated carbocycles. The molecule has 11 heavy (non-hydrogen) atoms. The third-order valence-corrected chi connectivity index (χ3v) is 1.70. The van der Waals surface area contributed by atoms with E-state index in [1.165, 1.54) is 0 Å². The standard InChI is InChI=1S/C9H19NO/c1-7(2)6-9(8(3)11)10(4)5/h7,9,11H,3,6H2,1-2,4-5H3. The summed E-state index contributed by atoms with van der Waals surface area (Å²) in [7, 11) is 3.91. The summed E-state index contributed by atoms with van der Waals surface area (Å²) < 4.78 is 0. The lowest BCUT2D eigenvalue weighted by Crippen LogP contribution is -2.30. The number of aliphatic hydroxyl groups is 1. The van der Waals surface area contributed by atoms with Crippen LogP contribution in [-0.2, 0) is 0 Å². The van der Waals surface area contributed by atoms with Gasteiger partial charge in [-0.05, 0) is 26.4 Å². The maximum Gasteiger partial charge on any atom is 0.102 e. The van der Waals surface area contributed by atoms with E-state index in [2.05, 4.69) is 20.4 Å². The second kappa shape index (κ2) is 4.39. The van der Waals surface area contributed by atoms with Crippen LogP contribution in [0, 0.1) is 5.92 Å². The summed E-state index contributed by atoms with van der Waals surface area (Å²) in [6.07, 6.45) is 0.961. The van der Waals surface area contributed by atoms with Gasteiger partial charge >= 0.3 is 0 Å². The van der Waals surface area contributed by atoms with Crippen LogP contribution < -0.4 is 0 Å². The molecular weight excluding hydrogens is 138 g/mol. The number of nitrogens with zero attached hydrogens (tertiary/aromatic N) is 1. The average Bonchev–Trinajstić information content (AvgIpc) is 1.81. The van der Waals surface area contributed by atoms with Crippen LogP contribution in [0.5, 0.6) is 0 Å². The third-order valence-electron chi connectivity index (χ3n) is 1.70. The van der Waals surface area contributed by atoms with Crippen molar-refractivity contribution < 1.29 is 5.11 Å². The quantitative estimate of drug-likeness (QED) is 0.631. The van der Waals surface area contributed by atoms with Crippen molar-refractivity contribution in [2.24, 2.45) is 5.92 Å². The van der Waals surface area contributed by atoms with Crippen LogP contribution in [0.4, 0.5) is 0 Å². The molecule has 1 N–H and O–H groups in total. The van der Waals surface area contributed by atoms with E-state index in [1.807, 2.05) is 19.0 Å². The molecule has 2 nitrogen and oxygen atoms in total. The van der Waals surface area contributed by atoms with E-state index < -0.39 is 0 Å². The van der Waals surface area contributed by atoms with Gasteiger partial charge in [0, 0.05) is 0 Å². The minimum atomic E-state index is 0.106. The van der Waals surface area contributed by atoms with Gasteiger partial charge in [0.05, 0.1) is 6.04 Å². The molecular formula is C9H19NO. The molecule has 0 aromatic carbocycles. The van der Waals surface area contributed by atoms with E-state index >= 15 is 0 Å². The zero-order chi connectivity index (χ0) is 9.02. The first-order valence-electron chi connectivity index (χ1n) is 3.99. The van der Waals surface area contributed by atoms with Gasteiger partial charge in [-0.2, -0.15) is 0 Å². The van der Waals surface area contributed by atoms with Gasteiger partial charge in [0.2, 0.25) is 0 Å². The van der Waals surface area contributed by atoms with Crippen molar-refractivity contribution in [2.45, 2.75) is 26.3 Å². The van der Waals surface area contributed by atoms with Crippen LogP contribution in [-0.4, -0.2) is 30.1 Å². The number of aliphatic hydroxyl groups excluding tert-OH is 1. The molecule has 0 aliphatic heterocycles. The molecule has 0 aromatic rings. The molecule has 0 radical (unpaired) electrons. The Bertz CT molecular complexity index is 130. The van der Waals surface area contributed by atoms with Crippen molar-refractivity contribution in [1.82, 2.24) is 4.90 Å². The molecule has 0 bridgehead atoms. The highest BCUT2D eigenvalue weighted by Gasteiger charge is 2.15. The Labute approximate surface area is 69.5 Å². The fourth-order valence-electron chi connectivity index (χ4n) is 1.09. The van der Waals surface area contributed by atoms with E-state index in [-0.39, 0.29) is 11.8 Å². The first kappa shape index (κ1) is 10.5. The summed E-state index contributed by atoms with van der Waals surface area (Å²) in [5.74, 6) is 0.856. The highest BCUT2D eigenvalue weighted by molar-refractivity contribution is 4.94. The van der Waals surface area contributed by atoms with E-state index in [4.69, 9.17) is 0 Å². The second-order valence-electron chi connectivity index (χ2n) is 3.60. The van der Waals surface area contributed by atoms with Crippen molar-refractivity contribution >= 4 is 0 Å². The smallest absolute Gasteiger partial charge is 0.102 e. The van der Waals surface area contributed by atoms with Gasteiger partial charge in [-0.1, -0.05) is 20.4 Å². The normalized spacial score (nSPS) is 14.0. The highest BCUT2D eigenvalue weighted by Crippen LogP contribution is 2.13. The van der Waals surface area contributed by atoms with Crippen molar-refractivity contribution in [3.05, 3.63) is 12.3 Å². The summed E-state index contributed by atoms with van der Waals surface area (Å²) in [6, 6.07) is 0.106. The molecule has 66 valence electrons. The van der Waals surface area contributed by atoms with Crippen LogP contribution >= 0.6 is 0 Å². The van der Waals surface area contributed by atoms with Crippen molar-refractivity contribution in [3.8, 4) is 0 Å². The van der Waals surface area contributed by atoms with Gasteiger partial charge in [0.25, 0.3) is 0 Å². The topological polar surface area (TPSA) is 23.5 Å². The molecule has 0 aliphatic rings. The predicted molar refractivity (Wildman–Crippen MR) is 48.7 cm³/mol. The Balaban J connectivity index is 4.01. The summed E-state index contributed by atoms with van der Waals surface area (Å²) in [4.78, 5) is 1.99. The van der Waals surface area contributed by atoms with Crippen LogP contribution in [0.2, 0.25) is 0 Å². The zero-order valence-corrected chi connectivity index (χ0v) is 7.96. The Hall–Kier alpha value is -0.500. The number of hydrogen-bond donors (Lipinski definition) is 1. The average molecular weight is 157 g/mol. The van der Waals surface area contributed by atoms with Gasteiger partial charge in [0.15, 0.2) is 0 Å². The molecule has 0 saturated heterocycles. The third kappa shape index (κ3) is 4.04. The molecule has 0 fully saturated rings. The van der Waals surface area contributed by atoms with Crippen LogP contribution in [0.1, 0.15) is 20.3 Å². The largest absolute Gasteiger partial charge is 0.511 e. The Morgan fingerprint density at radius 2 is 1.91 bits per heavy atom. The van der Waals surface area contributed by atoms with Crippen molar-refractivity contribution in [2.75, 3.05) is 14.1 Å². The Morgan fingerprint density at radius 1 is 1.45 bits per heavy atom. The summed E-state index contributed by atoms with van der Waals surface area (Å²) in [6.45, 7) is 7.82. The number of rotatable bonds is 4. The molecule has 0 heterocycles. The minimum absolute atomic E-state index is 0.106. The SMILES string of the molecule is C=C(O)C(CC(C)C)N(C)C. The zero-order valence-electron chi connectivity index (χ0n) is 7.96. The van der Waals surface area contributed by atoms with E-state index in [0.29, 0.717) is 5.92 Å². The molecule has 0 aromatic heterocycles. The second-order valence-corrected chi connectivity index (χ2v) is 3.60. The molecule has 1 atom stereocenters. The van der Waals surface area contributed by atoms with Crippen LogP contribution in [0.25, 0.3) is 0 Å². The van der Waals surface area contributed by atoms with E-state index in [1.54, 1.807) is 0 Å². The minimum Gasteiger partial charge on any atom is -0.511 e. The predicted octanol–water partition coefficient (Wildman–Crippen LogP) is 2.03. The number of likely N-dealkylation sites (N-methyl/N-ethyl adjacent to an activating group) is 1. The lowest BCUT2D eigenvalue weighted by molar-refractivity contribution is 0.217. The summed E-state index contributed by atoms with van der Waals surface area (Å²) in [5, 5.41) is 9.20. The van der Waals surface area contributed by atoms with Gasteiger partial charge in [-0.25, -0.2) is 0 Å². The molecule has 2 heteroatoms. The molecule has 0 rings (SSSR count). The first-order valence-corrected chi connectivity index (χ1v) is 3.99. The van der Waals surface area contributed by atoms with Crippen LogP contribution in [0.15, 0.2) is 12.3 Å². The maximum absolute atomic E-state index is 9.20. The van der Waals surface area contributed by atoms with Gasteiger partial charge in [-0.3, -0.25) is 4.90 Å². The van der Waals surface area contributed by atoms with Gasteiger partial charge < -0.3 is 5.11 Å². The Kier molecular flexibility index (Phi) is 4.19. The molecule has 0 spiro atoms. The molecule has 0 amide bonds. The highest BCUT2D eigenvalue weighted by atomic mass is 16.3. The van der Waals surface area contributed by atoms with Crippen molar-refractivity contribution in [1.29, 1.82) is 0 Å². The lowest BCUT2D eigenvalue weighted by Gasteiger charge is -2.24. The van der Waals surface area contributed by atoms with E-state index in [0.717, 1.165) is 6.42 Å². The molecule has 0 aliphatic carbocycles. The van der Waals surface area contributed by atoms with Gasteiger partial charge in [-0.15, -0.1) is 0 Å². The Morgan fingerprint density at radius 3 is 2.00 bits per heavy atom.